The lowest BCUT2D eigenvalue weighted by molar-refractivity contribution is -0.133. The van der Waals surface area contributed by atoms with E-state index in [-0.39, 0.29) is 18.4 Å². The lowest BCUT2D eigenvalue weighted by Crippen LogP contribution is -2.45. The molecule has 0 aliphatic heterocycles. The van der Waals surface area contributed by atoms with Crippen LogP contribution in [0.15, 0.2) is 48.5 Å². The second-order valence-electron chi connectivity index (χ2n) is 7.65. The molecule has 5 heteroatoms. The first-order valence-corrected chi connectivity index (χ1v) is 9.96. The summed E-state index contributed by atoms with van der Waals surface area (Å²) in [6.07, 6.45) is 3.79. The van der Waals surface area contributed by atoms with Crippen molar-refractivity contribution in [1.29, 1.82) is 0 Å². The highest BCUT2D eigenvalue weighted by Crippen LogP contribution is 2.44. The van der Waals surface area contributed by atoms with Crippen LogP contribution in [0.3, 0.4) is 0 Å². The van der Waals surface area contributed by atoms with Gasteiger partial charge in [0.2, 0.25) is 0 Å². The second kappa shape index (κ2) is 8.13. The number of benzene rings is 2. The van der Waals surface area contributed by atoms with E-state index in [1.165, 1.54) is 0 Å². The number of amides is 1. The summed E-state index contributed by atoms with van der Waals surface area (Å²) in [5.41, 5.74) is 4.51. The van der Waals surface area contributed by atoms with Gasteiger partial charge in [0.25, 0.3) is 0 Å². The normalized spacial score (nSPS) is 17.5. The van der Waals surface area contributed by atoms with E-state index in [1.807, 2.05) is 36.4 Å². The molecule has 146 valence electrons. The summed E-state index contributed by atoms with van der Waals surface area (Å²) >= 11 is 0. The van der Waals surface area contributed by atoms with Gasteiger partial charge < -0.3 is 10.1 Å². The molecule has 0 spiro atoms. The Morgan fingerprint density at radius 2 is 1.54 bits per heavy atom. The molecule has 0 saturated heterocycles. The van der Waals surface area contributed by atoms with Crippen LogP contribution < -0.4 is 5.32 Å². The van der Waals surface area contributed by atoms with Crippen molar-refractivity contribution in [2.45, 2.75) is 44.1 Å². The van der Waals surface area contributed by atoms with Crippen LogP contribution in [0.4, 0.5) is 9.18 Å². The molecule has 1 amide bonds. The van der Waals surface area contributed by atoms with E-state index in [4.69, 9.17) is 4.74 Å². The molecule has 2 aromatic rings. The molecule has 2 aliphatic carbocycles. The third-order valence-corrected chi connectivity index (χ3v) is 5.98. The number of rotatable bonds is 5. The minimum absolute atomic E-state index is 0.0626. The maximum atomic E-state index is 13.5. The van der Waals surface area contributed by atoms with E-state index >= 15 is 0 Å². The molecule has 0 heterocycles. The van der Waals surface area contributed by atoms with Crippen LogP contribution >= 0.6 is 0 Å². The zero-order valence-electron chi connectivity index (χ0n) is 15.7. The highest BCUT2D eigenvalue weighted by atomic mass is 19.1. The third kappa shape index (κ3) is 3.66. The van der Waals surface area contributed by atoms with Gasteiger partial charge in [-0.15, -0.1) is 0 Å². The Morgan fingerprint density at radius 1 is 0.964 bits per heavy atom. The maximum absolute atomic E-state index is 13.5. The Balaban J connectivity index is 1.44. The number of alkyl carbamates (subject to hydrolysis) is 1. The summed E-state index contributed by atoms with van der Waals surface area (Å²) in [6, 6.07) is 13.5. The summed E-state index contributed by atoms with van der Waals surface area (Å²) < 4.78 is 19.0. The maximum Gasteiger partial charge on any atom is 0.407 e. The van der Waals surface area contributed by atoms with Crippen LogP contribution in [0.2, 0.25) is 0 Å². The zero-order valence-corrected chi connectivity index (χ0v) is 15.7. The van der Waals surface area contributed by atoms with E-state index in [9.17, 15) is 14.0 Å². The van der Waals surface area contributed by atoms with Crippen molar-refractivity contribution in [3.05, 3.63) is 59.7 Å². The van der Waals surface area contributed by atoms with Crippen LogP contribution in [0.25, 0.3) is 11.1 Å². The van der Waals surface area contributed by atoms with Crippen molar-refractivity contribution in [2.75, 3.05) is 6.61 Å². The molecular formula is C23H24FNO3. The van der Waals surface area contributed by atoms with Crippen LogP contribution in [0.1, 0.15) is 49.1 Å². The number of carbonyl (C=O) groups is 2. The Kier molecular flexibility index (Phi) is 5.42. The minimum atomic E-state index is -1.49. The number of nitrogens with one attached hydrogen (secondary N) is 1. The molecule has 0 unspecified atom stereocenters. The number of fused-ring (bicyclic) bond motifs is 3. The first-order valence-electron chi connectivity index (χ1n) is 9.96. The highest BCUT2D eigenvalue weighted by molar-refractivity contribution is 5.81. The largest absolute Gasteiger partial charge is 0.449 e. The fourth-order valence-electron chi connectivity index (χ4n) is 4.59. The highest BCUT2D eigenvalue weighted by Gasteiger charge is 2.33. The summed E-state index contributed by atoms with van der Waals surface area (Å²) in [4.78, 5) is 23.8. The van der Waals surface area contributed by atoms with Gasteiger partial charge in [0, 0.05) is 5.92 Å². The van der Waals surface area contributed by atoms with Crippen LogP contribution in [-0.4, -0.2) is 24.8 Å². The molecule has 2 aromatic carbocycles. The van der Waals surface area contributed by atoms with Crippen LogP contribution in [-0.2, 0) is 9.53 Å². The molecule has 0 bridgehead atoms. The Bertz CT molecular complexity index is 830. The van der Waals surface area contributed by atoms with E-state index in [1.54, 1.807) is 0 Å². The molecule has 1 fully saturated rings. The second-order valence-corrected chi connectivity index (χ2v) is 7.65. The fraction of sp³-hybridized carbons (Fsp3) is 0.391. The third-order valence-electron chi connectivity index (χ3n) is 5.98. The number of ether oxygens (including phenoxy) is 1. The van der Waals surface area contributed by atoms with Crippen LogP contribution in [0, 0.1) is 5.92 Å². The van der Waals surface area contributed by atoms with Gasteiger partial charge in [-0.05, 0) is 41.0 Å². The summed E-state index contributed by atoms with van der Waals surface area (Å²) in [5, 5.41) is 2.47. The van der Waals surface area contributed by atoms with Crippen molar-refractivity contribution in [2.24, 2.45) is 5.92 Å². The van der Waals surface area contributed by atoms with Gasteiger partial charge in [-0.25, -0.2) is 4.79 Å². The SMILES string of the molecule is O=C(N[C@H](C(=O)F)C1CCCCC1)OCC1c2ccccc2-c2ccccc21. The van der Waals surface area contributed by atoms with E-state index in [2.05, 4.69) is 17.4 Å². The van der Waals surface area contributed by atoms with Gasteiger partial charge in [-0.1, -0.05) is 67.8 Å². The summed E-state index contributed by atoms with van der Waals surface area (Å²) in [6.45, 7) is 0.151. The molecule has 1 saturated carbocycles. The quantitative estimate of drug-likeness (QED) is 0.744. The van der Waals surface area contributed by atoms with E-state index in [0.717, 1.165) is 54.4 Å². The number of hydrogen-bond donors (Lipinski definition) is 1. The Morgan fingerprint density at radius 3 is 2.11 bits per heavy atom. The van der Waals surface area contributed by atoms with Crippen molar-refractivity contribution < 1.29 is 18.7 Å². The van der Waals surface area contributed by atoms with Crippen LogP contribution in [0.5, 0.6) is 0 Å². The molecule has 0 aromatic heterocycles. The van der Waals surface area contributed by atoms with Gasteiger partial charge in [0.05, 0.1) is 0 Å². The molecule has 1 atom stereocenters. The first-order chi connectivity index (χ1) is 13.6. The summed E-state index contributed by atoms with van der Waals surface area (Å²) in [5.74, 6) is -0.209. The van der Waals surface area contributed by atoms with Crippen molar-refractivity contribution in [3.8, 4) is 11.1 Å². The molecule has 4 nitrogen and oxygen atoms in total. The lowest BCUT2D eigenvalue weighted by Gasteiger charge is -2.27. The van der Waals surface area contributed by atoms with Gasteiger partial charge in [-0.3, -0.25) is 4.79 Å². The molecular weight excluding hydrogens is 357 g/mol. The van der Waals surface area contributed by atoms with Crippen molar-refractivity contribution >= 4 is 12.1 Å². The van der Waals surface area contributed by atoms with E-state index in [0.29, 0.717) is 0 Å². The molecule has 4 rings (SSSR count). The zero-order chi connectivity index (χ0) is 19.5. The Labute approximate surface area is 164 Å². The van der Waals surface area contributed by atoms with Gasteiger partial charge in [-0.2, -0.15) is 4.39 Å². The predicted molar refractivity (Wildman–Crippen MR) is 105 cm³/mol. The molecule has 1 N–H and O–H groups in total. The topological polar surface area (TPSA) is 55.4 Å². The standard InChI is InChI=1S/C23H24FNO3/c24-22(26)21(15-8-2-1-3-9-15)25-23(27)28-14-20-18-12-6-4-10-16(18)17-11-5-7-13-19(17)20/h4-7,10-13,15,20-21H,1-3,8-9,14H2,(H,25,27)/t21-/m0/s1. The monoisotopic (exact) mass is 381 g/mol. The predicted octanol–water partition coefficient (Wildman–Crippen LogP) is 4.97. The smallest absolute Gasteiger partial charge is 0.407 e. The summed E-state index contributed by atoms with van der Waals surface area (Å²) in [7, 11) is 0. The average Bonchev–Trinajstić information content (AvgIpc) is 3.05. The number of carbonyl (C=O) groups excluding carboxylic acids is 2. The fourth-order valence-corrected chi connectivity index (χ4v) is 4.59. The van der Waals surface area contributed by atoms with Gasteiger partial charge >= 0.3 is 12.1 Å². The average molecular weight is 381 g/mol. The lowest BCUT2D eigenvalue weighted by atomic mass is 9.84. The number of hydrogen-bond acceptors (Lipinski definition) is 3. The minimum Gasteiger partial charge on any atom is -0.449 e. The Hall–Kier alpha value is -2.69. The molecule has 28 heavy (non-hydrogen) atoms. The molecule has 0 radical (unpaired) electrons. The molecule has 2 aliphatic rings. The number of halogens is 1. The van der Waals surface area contributed by atoms with Gasteiger partial charge in [0.15, 0.2) is 0 Å². The van der Waals surface area contributed by atoms with E-state index < -0.39 is 18.2 Å². The van der Waals surface area contributed by atoms with Gasteiger partial charge in [0.1, 0.15) is 12.6 Å². The van der Waals surface area contributed by atoms with Crippen molar-refractivity contribution in [3.63, 3.8) is 0 Å². The first kappa shape index (κ1) is 18.7. The van der Waals surface area contributed by atoms with Crippen molar-refractivity contribution in [1.82, 2.24) is 5.32 Å².